The van der Waals surface area contributed by atoms with Gasteiger partial charge in [0.25, 0.3) is 5.69 Å². The van der Waals surface area contributed by atoms with E-state index in [4.69, 9.17) is 9.47 Å². The Morgan fingerprint density at radius 2 is 1.88 bits per heavy atom. The predicted molar refractivity (Wildman–Crippen MR) is 117 cm³/mol. The maximum atomic E-state index is 12.9. The lowest BCUT2D eigenvalue weighted by Crippen LogP contribution is -2.31. The number of alkyl halides is 3. The van der Waals surface area contributed by atoms with E-state index in [0.717, 1.165) is 5.56 Å². The van der Waals surface area contributed by atoms with E-state index in [1.165, 1.54) is 6.07 Å². The second-order valence-corrected chi connectivity index (χ2v) is 8.56. The van der Waals surface area contributed by atoms with Crippen molar-refractivity contribution >= 4 is 22.4 Å². The highest BCUT2D eigenvalue weighted by Gasteiger charge is 2.41. The number of esters is 1. The third-order valence-corrected chi connectivity index (χ3v) is 6.22. The van der Waals surface area contributed by atoms with E-state index in [1.54, 1.807) is 25.1 Å². The van der Waals surface area contributed by atoms with E-state index in [1.807, 2.05) is 13.0 Å². The Morgan fingerprint density at radius 3 is 2.48 bits per heavy atom. The third kappa shape index (κ3) is 6.36. The van der Waals surface area contributed by atoms with Crippen molar-refractivity contribution in [3.8, 4) is 5.75 Å². The summed E-state index contributed by atoms with van der Waals surface area (Å²) in [5.74, 6) is -1.27. The molecule has 0 aliphatic heterocycles. The van der Waals surface area contributed by atoms with Crippen molar-refractivity contribution in [1.29, 1.82) is 0 Å². The molecule has 1 aliphatic rings. The number of nitrogens with zero attached hydrogens (tertiary/aromatic N) is 1. The summed E-state index contributed by atoms with van der Waals surface area (Å²) in [6, 6.07) is 8.36. The molecule has 0 bridgehead atoms. The minimum Gasteiger partial charge on any atom is -0.490 e. The van der Waals surface area contributed by atoms with Crippen LogP contribution in [-0.4, -0.2) is 29.8 Å². The molecule has 1 unspecified atom stereocenters. The molecule has 0 N–H and O–H groups in total. The number of carbonyl (C=O) groups is 1. The van der Waals surface area contributed by atoms with Gasteiger partial charge in [-0.3, -0.25) is 14.9 Å². The fraction of sp³-hybridized carbons (Fsp3) is 0.542. The fourth-order valence-electron chi connectivity index (χ4n) is 4.28. The summed E-state index contributed by atoms with van der Waals surface area (Å²) in [5.41, 5.74) is 0.675. The zero-order chi connectivity index (χ0) is 24.2. The summed E-state index contributed by atoms with van der Waals surface area (Å²) in [4.78, 5) is 22.9. The predicted octanol–water partition coefficient (Wildman–Crippen LogP) is 6.69. The molecule has 2 aromatic rings. The summed E-state index contributed by atoms with van der Waals surface area (Å²) in [6.07, 6.45) is -3.17. The van der Waals surface area contributed by atoms with Gasteiger partial charge in [-0.1, -0.05) is 19.1 Å². The molecule has 0 radical (unpaired) electrons. The zero-order valence-corrected chi connectivity index (χ0v) is 18.7. The van der Waals surface area contributed by atoms with Crippen LogP contribution < -0.4 is 4.74 Å². The summed E-state index contributed by atoms with van der Waals surface area (Å²) in [7, 11) is 0. The first kappa shape index (κ1) is 24.8. The number of ether oxygens (including phenoxy) is 2. The summed E-state index contributed by atoms with van der Waals surface area (Å²) in [6.45, 7) is 3.95. The van der Waals surface area contributed by atoms with E-state index in [-0.39, 0.29) is 42.9 Å². The minimum atomic E-state index is -4.18. The molecule has 33 heavy (non-hydrogen) atoms. The standard InChI is InChI=1S/C24H28F3NO5/c1-3-32-23(29)11-4-15(2)17-12-16-5-8-20(14-21(16)22(13-17)28(30)31)33-19-9-6-18(7-10-19)24(25,26)27/h5,8,12-15,18-19H,3-4,6-7,9-11H2,1-2H3. The Balaban J connectivity index is 1.76. The van der Waals surface area contributed by atoms with Crippen LogP contribution in [0.25, 0.3) is 10.8 Å². The smallest absolute Gasteiger partial charge is 0.391 e. The van der Waals surface area contributed by atoms with E-state index in [9.17, 15) is 28.1 Å². The first-order valence-electron chi connectivity index (χ1n) is 11.2. The van der Waals surface area contributed by atoms with Crippen molar-refractivity contribution in [2.24, 2.45) is 5.92 Å². The molecule has 0 heterocycles. The van der Waals surface area contributed by atoms with Crippen LogP contribution in [0.5, 0.6) is 5.75 Å². The highest BCUT2D eigenvalue weighted by molar-refractivity contribution is 5.92. The summed E-state index contributed by atoms with van der Waals surface area (Å²) in [5, 5.41) is 12.8. The zero-order valence-electron chi connectivity index (χ0n) is 18.7. The molecule has 0 amide bonds. The van der Waals surface area contributed by atoms with Crippen LogP contribution in [-0.2, 0) is 9.53 Å². The number of fused-ring (bicyclic) bond motifs is 1. The molecule has 6 nitrogen and oxygen atoms in total. The summed E-state index contributed by atoms with van der Waals surface area (Å²) >= 11 is 0. The minimum absolute atomic E-state index is 0.0228. The lowest BCUT2D eigenvalue weighted by Gasteiger charge is -2.30. The normalized spacial score (nSPS) is 19.8. The Labute approximate surface area is 190 Å². The van der Waals surface area contributed by atoms with Crippen molar-refractivity contribution in [2.75, 3.05) is 6.61 Å². The summed E-state index contributed by atoms with van der Waals surface area (Å²) < 4.78 is 49.4. The van der Waals surface area contributed by atoms with Crippen molar-refractivity contribution < 1.29 is 32.4 Å². The number of hydrogen-bond donors (Lipinski definition) is 0. The number of benzene rings is 2. The van der Waals surface area contributed by atoms with Gasteiger partial charge in [0, 0.05) is 12.5 Å². The van der Waals surface area contributed by atoms with Gasteiger partial charge in [0.1, 0.15) is 5.75 Å². The Bertz CT molecular complexity index is 999. The molecular weight excluding hydrogens is 439 g/mol. The highest BCUT2D eigenvalue weighted by Crippen LogP contribution is 2.39. The number of hydrogen-bond acceptors (Lipinski definition) is 5. The van der Waals surface area contributed by atoms with Gasteiger partial charge in [-0.2, -0.15) is 13.2 Å². The SMILES string of the molecule is CCOC(=O)CCC(C)c1cc([N+](=O)[O-])c2cc(OC3CCC(C(F)(F)F)CC3)ccc2c1. The van der Waals surface area contributed by atoms with Crippen LogP contribution in [0, 0.1) is 16.0 Å². The third-order valence-electron chi connectivity index (χ3n) is 6.22. The van der Waals surface area contributed by atoms with E-state index in [2.05, 4.69) is 0 Å². The number of halogens is 3. The molecule has 0 spiro atoms. The van der Waals surface area contributed by atoms with Crippen molar-refractivity contribution in [3.63, 3.8) is 0 Å². The van der Waals surface area contributed by atoms with Crippen molar-refractivity contribution in [1.82, 2.24) is 0 Å². The van der Waals surface area contributed by atoms with Gasteiger partial charge in [-0.05, 0) is 68.0 Å². The quantitative estimate of drug-likeness (QED) is 0.245. The number of nitro groups is 1. The maximum Gasteiger partial charge on any atom is 0.391 e. The highest BCUT2D eigenvalue weighted by atomic mass is 19.4. The monoisotopic (exact) mass is 467 g/mol. The van der Waals surface area contributed by atoms with E-state index < -0.39 is 17.0 Å². The van der Waals surface area contributed by atoms with Gasteiger partial charge in [-0.25, -0.2) is 0 Å². The van der Waals surface area contributed by atoms with E-state index in [0.29, 0.717) is 42.4 Å². The molecule has 180 valence electrons. The largest absolute Gasteiger partial charge is 0.490 e. The van der Waals surface area contributed by atoms with Crippen LogP contribution in [0.2, 0.25) is 0 Å². The van der Waals surface area contributed by atoms with Gasteiger partial charge in [-0.15, -0.1) is 0 Å². The Kier molecular flexibility index (Phi) is 7.81. The second kappa shape index (κ2) is 10.4. The van der Waals surface area contributed by atoms with Crippen molar-refractivity contribution in [3.05, 3.63) is 46.0 Å². The van der Waals surface area contributed by atoms with Crippen LogP contribution in [0.4, 0.5) is 18.9 Å². The first-order valence-corrected chi connectivity index (χ1v) is 11.2. The molecule has 1 fully saturated rings. The van der Waals surface area contributed by atoms with Crippen LogP contribution in [0.15, 0.2) is 30.3 Å². The molecular formula is C24H28F3NO5. The lowest BCUT2D eigenvalue weighted by molar-refractivity contribution is -0.383. The number of carbonyl (C=O) groups excluding carboxylic acids is 1. The van der Waals surface area contributed by atoms with E-state index >= 15 is 0 Å². The Hall–Kier alpha value is -2.84. The Morgan fingerprint density at radius 1 is 1.18 bits per heavy atom. The molecule has 1 saturated carbocycles. The first-order chi connectivity index (χ1) is 15.6. The molecule has 1 aliphatic carbocycles. The number of nitro benzene ring substituents is 1. The van der Waals surface area contributed by atoms with Gasteiger partial charge >= 0.3 is 12.1 Å². The van der Waals surface area contributed by atoms with Crippen molar-refractivity contribution in [2.45, 2.75) is 70.6 Å². The molecule has 3 rings (SSSR count). The van der Waals surface area contributed by atoms with Gasteiger partial charge in [0.15, 0.2) is 0 Å². The van der Waals surface area contributed by atoms with Gasteiger partial charge in [0.05, 0.1) is 28.9 Å². The molecule has 0 aromatic heterocycles. The van der Waals surface area contributed by atoms with Crippen LogP contribution in [0.1, 0.15) is 63.9 Å². The number of rotatable bonds is 8. The fourth-order valence-corrected chi connectivity index (χ4v) is 4.28. The molecule has 9 heteroatoms. The number of non-ortho nitro benzene ring substituents is 1. The lowest BCUT2D eigenvalue weighted by atomic mass is 9.87. The molecule has 2 aromatic carbocycles. The topological polar surface area (TPSA) is 78.7 Å². The second-order valence-electron chi connectivity index (χ2n) is 8.56. The molecule has 1 atom stereocenters. The average molecular weight is 467 g/mol. The average Bonchev–Trinajstić information content (AvgIpc) is 2.76. The molecule has 0 saturated heterocycles. The van der Waals surface area contributed by atoms with Gasteiger partial charge in [0.2, 0.25) is 0 Å². The van der Waals surface area contributed by atoms with Gasteiger partial charge < -0.3 is 9.47 Å². The van der Waals surface area contributed by atoms with Crippen LogP contribution in [0.3, 0.4) is 0 Å². The maximum absolute atomic E-state index is 12.9. The van der Waals surface area contributed by atoms with Crippen LogP contribution >= 0.6 is 0 Å².